The minimum absolute atomic E-state index is 0.0223. The van der Waals surface area contributed by atoms with E-state index < -0.39 is 10.8 Å². The number of nitrogens with zero attached hydrogens (tertiary/aromatic N) is 1. The van der Waals surface area contributed by atoms with Gasteiger partial charge in [-0.15, -0.1) is 5.92 Å². The molecule has 0 aromatic rings. The number of carbonyl (C=O) groups is 3. The van der Waals surface area contributed by atoms with Crippen molar-refractivity contribution >= 4 is 17.8 Å². The van der Waals surface area contributed by atoms with Crippen molar-refractivity contribution in [3.05, 3.63) is 0 Å². The van der Waals surface area contributed by atoms with Gasteiger partial charge in [-0.25, -0.2) is 0 Å². The highest BCUT2D eigenvalue weighted by atomic mass is 16.5. The number of hydrogen-bond donors (Lipinski definition) is 1. The average molecular weight is 389 g/mol. The zero-order chi connectivity index (χ0) is 20.5. The molecule has 4 rings (SSSR count). The SMILES string of the molecule is COC(=O)C12CC3CC(CC(C(=O)NC(C)CC#CCC(=O)N(C)C)(C3)C1)C2. The van der Waals surface area contributed by atoms with Crippen LogP contribution < -0.4 is 5.32 Å². The van der Waals surface area contributed by atoms with Gasteiger partial charge in [-0.1, -0.05) is 5.92 Å². The molecule has 4 fully saturated rings. The summed E-state index contributed by atoms with van der Waals surface area (Å²) in [5.74, 6) is 6.67. The lowest BCUT2D eigenvalue weighted by atomic mass is 9.44. The monoisotopic (exact) mass is 388 g/mol. The van der Waals surface area contributed by atoms with E-state index in [2.05, 4.69) is 17.2 Å². The molecule has 4 aliphatic rings. The molecule has 4 saturated carbocycles. The van der Waals surface area contributed by atoms with Crippen LogP contribution in [0.4, 0.5) is 0 Å². The van der Waals surface area contributed by atoms with E-state index in [1.807, 2.05) is 6.92 Å². The number of ether oxygens (including phenoxy) is 1. The molecular formula is C22H32N2O4. The third-order valence-electron chi connectivity index (χ3n) is 6.81. The fourth-order valence-electron chi connectivity index (χ4n) is 5.93. The van der Waals surface area contributed by atoms with Crippen LogP contribution in [-0.2, 0) is 19.1 Å². The molecular weight excluding hydrogens is 356 g/mol. The second-order valence-corrected chi connectivity index (χ2v) is 9.41. The van der Waals surface area contributed by atoms with Crippen LogP contribution in [0.3, 0.4) is 0 Å². The largest absolute Gasteiger partial charge is 0.469 e. The minimum atomic E-state index is -0.467. The Balaban J connectivity index is 1.62. The molecule has 0 spiro atoms. The Morgan fingerprint density at radius 3 is 2.29 bits per heavy atom. The Morgan fingerprint density at radius 2 is 1.71 bits per heavy atom. The summed E-state index contributed by atoms with van der Waals surface area (Å²) in [6.45, 7) is 1.94. The Hall–Kier alpha value is -2.03. The molecule has 3 unspecified atom stereocenters. The Bertz CT molecular complexity index is 704. The van der Waals surface area contributed by atoms with Gasteiger partial charge >= 0.3 is 5.97 Å². The van der Waals surface area contributed by atoms with Gasteiger partial charge in [0.2, 0.25) is 11.8 Å². The summed E-state index contributed by atoms with van der Waals surface area (Å²) in [5.41, 5.74) is -0.910. The normalized spacial score (nSPS) is 33.4. The van der Waals surface area contributed by atoms with Crippen LogP contribution in [0.5, 0.6) is 0 Å². The average Bonchev–Trinajstić information content (AvgIpc) is 2.63. The Labute approximate surface area is 167 Å². The Kier molecular flexibility index (Phi) is 5.74. The van der Waals surface area contributed by atoms with Gasteiger partial charge < -0.3 is 15.0 Å². The fourth-order valence-corrected chi connectivity index (χ4v) is 5.93. The first-order valence-corrected chi connectivity index (χ1v) is 10.2. The van der Waals surface area contributed by atoms with Crippen molar-refractivity contribution in [3.63, 3.8) is 0 Å². The van der Waals surface area contributed by atoms with Gasteiger partial charge in [-0.2, -0.15) is 0 Å². The topological polar surface area (TPSA) is 75.7 Å². The van der Waals surface area contributed by atoms with Crippen LogP contribution in [0.15, 0.2) is 0 Å². The van der Waals surface area contributed by atoms with Crippen molar-refractivity contribution in [1.29, 1.82) is 0 Å². The maximum Gasteiger partial charge on any atom is 0.311 e. The van der Waals surface area contributed by atoms with Crippen molar-refractivity contribution in [1.82, 2.24) is 10.2 Å². The standard InChI is InChI=1S/C22H32N2O4/c1-15(7-5-6-8-18(25)24(2)3)23-19(26)21-10-16-9-17(11-21)13-22(12-16,14-21)20(27)28-4/h15-17H,7-14H2,1-4H3,(H,23,26). The predicted molar refractivity (Wildman–Crippen MR) is 105 cm³/mol. The summed E-state index contributed by atoms with van der Waals surface area (Å²) in [6.07, 6.45) is 5.95. The van der Waals surface area contributed by atoms with E-state index in [-0.39, 0.29) is 30.2 Å². The molecule has 0 radical (unpaired) electrons. The minimum Gasteiger partial charge on any atom is -0.469 e. The smallest absolute Gasteiger partial charge is 0.311 e. The zero-order valence-corrected chi connectivity index (χ0v) is 17.5. The lowest BCUT2D eigenvalue weighted by Gasteiger charge is -2.59. The van der Waals surface area contributed by atoms with Crippen LogP contribution in [0, 0.1) is 34.5 Å². The fraction of sp³-hybridized carbons (Fsp3) is 0.773. The van der Waals surface area contributed by atoms with Crippen molar-refractivity contribution in [2.75, 3.05) is 21.2 Å². The second-order valence-electron chi connectivity index (χ2n) is 9.41. The Morgan fingerprint density at radius 1 is 1.11 bits per heavy atom. The van der Waals surface area contributed by atoms with Gasteiger partial charge in [0.1, 0.15) is 0 Å². The quantitative estimate of drug-likeness (QED) is 0.578. The van der Waals surface area contributed by atoms with Crippen molar-refractivity contribution in [2.45, 2.75) is 64.3 Å². The first kappa shape index (κ1) is 20.7. The lowest BCUT2D eigenvalue weighted by molar-refractivity contribution is -0.182. The number of methoxy groups -OCH3 is 1. The van der Waals surface area contributed by atoms with Gasteiger partial charge in [-0.3, -0.25) is 14.4 Å². The van der Waals surface area contributed by atoms with Gasteiger partial charge in [0.25, 0.3) is 0 Å². The number of esters is 1. The summed E-state index contributed by atoms with van der Waals surface area (Å²) in [5, 5.41) is 3.13. The van der Waals surface area contributed by atoms with E-state index in [0.717, 1.165) is 32.1 Å². The van der Waals surface area contributed by atoms with Crippen molar-refractivity contribution in [2.24, 2.45) is 22.7 Å². The summed E-state index contributed by atoms with van der Waals surface area (Å²) in [7, 11) is 4.87. The van der Waals surface area contributed by atoms with E-state index in [1.165, 1.54) is 12.0 Å². The van der Waals surface area contributed by atoms with Crippen LogP contribution in [0.1, 0.15) is 58.3 Å². The van der Waals surface area contributed by atoms with Crippen LogP contribution in [-0.4, -0.2) is 49.9 Å². The van der Waals surface area contributed by atoms with Crippen molar-refractivity contribution in [3.8, 4) is 11.8 Å². The molecule has 0 heterocycles. The van der Waals surface area contributed by atoms with E-state index in [1.54, 1.807) is 14.1 Å². The highest BCUT2D eigenvalue weighted by Gasteiger charge is 2.63. The van der Waals surface area contributed by atoms with Crippen LogP contribution >= 0.6 is 0 Å². The summed E-state index contributed by atoms with van der Waals surface area (Å²) in [6, 6.07) is -0.0865. The molecule has 3 atom stereocenters. The summed E-state index contributed by atoms with van der Waals surface area (Å²) < 4.78 is 5.12. The molecule has 0 aromatic heterocycles. The number of nitrogens with one attached hydrogen (secondary N) is 1. The molecule has 0 saturated heterocycles. The first-order valence-electron chi connectivity index (χ1n) is 10.2. The van der Waals surface area contributed by atoms with Crippen LogP contribution in [0.25, 0.3) is 0 Å². The molecule has 0 aliphatic heterocycles. The lowest BCUT2D eigenvalue weighted by Crippen LogP contribution is -2.60. The second kappa shape index (κ2) is 7.77. The summed E-state index contributed by atoms with van der Waals surface area (Å²) >= 11 is 0. The number of rotatable bonds is 5. The van der Waals surface area contributed by atoms with Crippen LogP contribution in [0.2, 0.25) is 0 Å². The van der Waals surface area contributed by atoms with Gasteiger partial charge in [0.05, 0.1) is 24.4 Å². The van der Waals surface area contributed by atoms with E-state index >= 15 is 0 Å². The zero-order valence-electron chi connectivity index (χ0n) is 17.5. The molecule has 154 valence electrons. The molecule has 6 nitrogen and oxygen atoms in total. The number of amides is 2. The van der Waals surface area contributed by atoms with Gasteiger partial charge in [-0.05, 0) is 57.3 Å². The molecule has 4 bridgehead atoms. The molecule has 2 amide bonds. The molecule has 28 heavy (non-hydrogen) atoms. The maximum atomic E-state index is 13.2. The molecule has 4 aliphatic carbocycles. The summed E-state index contributed by atoms with van der Waals surface area (Å²) in [4.78, 5) is 38.8. The number of carbonyl (C=O) groups excluding carboxylic acids is 3. The van der Waals surface area contributed by atoms with E-state index in [0.29, 0.717) is 24.7 Å². The third-order valence-corrected chi connectivity index (χ3v) is 6.81. The highest BCUT2D eigenvalue weighted by molar-refractivity contribution is 5.86. The van der Waals surface area contributed by atoms with E-state index in [9.17, 15) is 14.4 Å². The molecule has 6 heteroatoms. The third kappa shape index (κ3) is 3.90. The van der Waals surface area contributed by atoms with Gasteiger partial charge in [0, 0.05) is 26.6 Å². The maximum absolute atomic E-state index is 13.2. The number of hydrogen-bond acceptors (Lipinski definition) is 4. The highest BCUT2D eigenvalue weighted by Crippen LogP contribution is 2.65. The van der Waals surface area contributed by atoms with Gasteiger partial charge in [0.15, 0.2) is 0 Å². The predicted octanol–water partition coefficient (Wildman–Crippen LogP) is 2.12. The van der Waals surface area contributed by atoms with E-state index in [4.69, 9.17) is 4.74 Å². The molecule has 0 aromatic carbocycles. The molecule has 1 N–H and O–H groups in total. The van der Waals surface area contributed by atoms with Crippen molar-refractivity contribution < 1.29 is 19.1 Å². The first-order chi connectivity index (χ1) is 13.2.